The van der Waals surface area contributed by atoms with E-state index >= 15 is 0 Å². The first-order valence-corrected chi connectivity index (χ1v) is 8.73. The average Bonchev–Trinajstić information content (AvgIpc) is 2.93. The molecule has 0 aliphatic carbocycles. The number of benzene rings is 1. The molecule has 1 atom stereocenters. The smallest absolute Gasteiger partial charge is 0.280 e. The summed E-state index contributed by atoms with van der Waals surface area (Å²) in [6.45, 7) is 4.49. The van der Waals surface area contributed by atoms with E-state index in [4.69, 9.17) is 0 Å². The van der Waals surface area contributed by atoms with Crippen molar-refractivity contribution >= 4 is 10.2 Å². The number of aromatic nitrogens is 2. The first kappa shape index (κ1) is 16.7. The molecule has 0 bridgehead atoms. The molecule has 0 aliphatic rings. The molecule has 1 aromatic carbocycles. The van der Waals surface area contributed by atoms with Gasteiger partial charge in [0.05, 0.1) is 0 Å². The second-order valence-corrected chi connectivity index (χ2v) is 6.65. The Morgan fingerprint density at radius 2 is 1.86 bits per heavy atom. The van der Waals surface area contributed by atoms with E-state index in [1.807, 2.05) is 55.8 Å². The van der Waals surface area contributed by atoms with E-state index in [9.17, 15) is 8.42 Å². The van der Waals surface area contributed by atoms with Gasteiger partial charge in [-0.15, -0.1) is 0 Å². The molecule has 7 heteroatoms. The van der Waals surface area contributed by atoms with Gasteiger partial charge in [-0.25, -0.2) is 4.98 Å². The van der Waals surface area contributed by atoms with Gasteiger partial charge in [0.2, 0.25) is 0 Å². The maximum atomic E-state index is 12.6. The number of imidazole rings is 1. The van der Waals surface area contributed by atoms with Crippen molar-refractivity contribution in [1.82, 2.24) is 18.6 Å². The summed E-state index contributed by atoms with van der Waals surface area (Å²) in [7, 11) is -1.73. The van der Waals surface area contributed by atoms with Gasteiger partial charge in [-0.2, -0.15) is 17.4 Å². The molecule has 0 spiro atoms. The fourth-order valence-corrected chi connectivity index (χ4v) is 3.73. The van der Waals surface area contributed by atoms with Gasteiger partial charge in [-0.1, -0.05) is 44.2 Å². The van der Waals surface area contributed by atoms with E-state index in [1.165, 1.54) is 4.31 Å². The van der Waals surface area contributed by atoms with Crippen LogP contribution in [0.4, 0.5) is 0 Å². The van der Waals surface area contributed by atoms with Crippen LogP contribution in [0.5, 0.6) is 0 Å². The monoisotopic (exact) mass is 322 g/mol. The van der Waals surface area contributed by atoms with Crippen LogP contribution in [0.15, 0.2) is 42.7 Å². The summed E-state index contributed by atoms with van der Waals surface area (Å²) in [5.74, 6) is 0.655. The minimum atomic E-state index is -3.58. The molecule has 2 aromatic rings. The molecule has 0 saturated heterocycles. The summed E-state index contributed by atoms with van der Waals surface area (Å²) in [6, 6.07) is 8.94. The van der Waals surface area contributed by atoms with E-state index in [1.54, 1.807) is 12.4 Å². The van der Waals surface area contributed by atoms with E-state index < -0.39 is 16.3 Å². The van der Waals surface area contributed by atoms with Gasteiger partial charge in [-0.05, 0) is 5.56 Å². The normalized spacial score (nSPS) is 13.5. The first-order chi connectivity index (χ1) is 10.5. The molecule has 1 N–H and O–H groups in total. The van der Waals surface area contributed by atoms with Crippen LogP contribution in [0.1, 0.15) is 31.3 Å². The average molecular weight is 322 g/mol. The van der Waals surface area contributed by atoms with Crippen LogP contribution in [-0.2, 0) is 17.3 Å². The molecule has 22 heavy (non-hydrogen) atoms. The minimum Gasteiger partial charge on any atom is -0.336 e. The zero-order chi connectivity index (χ0) is 16.2. The van der Waals surface area contributed by atoms with Crippen LogP contribution >= 0.6 is 0 Å². The third-order valence-corrected chi connectivity index (χ3v) is 5.29. The highest BCUT2D eigenvalue weighted by atomic mass is 32.2. The van der Waals surface area contributed by atoms with Crippen LogP contribution in [0, 0.1) is 0 Å². The van der Waals surface area contributed by atoms with Crippen molar-refractivity contribution in [2.24, 2.45) is 7.05 Å². The van der Waals surface area contributed by atoms with Gasteiger partial charge < -0.3 is 4.57 Å². The lowest BCUT2D eigenvalue weighted by atomic mass is 10.1. The number of aryl methyl sites for hydroxylation is 1. The Morgan fingerprint density at radius 3 is 2.36 bits per heavy atom. The maximum absolute atomic E-state index is 12.6. The summed E-state index contributed by atoms with van der Waals surface area (Å²) >= 11 is 0. The van der Waals surface area contributed by atoms with E-state index in [-0.39, 0.29) is 0 Å². The molecule has 0 radical (unpaired) electrons. The second kappa shape index (κ2) is 7.04. The largest absolute Gasteiger partial charge is 0.336 e. The van der Waals surface area contributed by atoms with Gasteiger partial charge in [0.1, 0.15) is 11.9 Å². The Balaban J connectivity index is 2.41. The van der Waals surface area contributed by atoms with Crippen molar-refractivity contribution in [2.45, 2.75) is 19.9 Å². The lowest BCUT2D eigenvalue weighted by Crippen LogP contribution is -2.43. The predicted molar refractivity (Wildman–Crippen MR) is 86.5 cm³/mol. The SMILES string of the molecule is CCN(CC)S(=O)(=O)NC(c1ccccc1)c1nccn1C. The highest BCUT2D eigenvalue weighted by Crippen LogP contribution is 2.21. The Kier molecular flexibility index (Phi) is 5.33. The van der Waals surface area contributed by atoms with E-state index in [2.05, 4.69) is 9.71 Å². The molecule has 0 fully saturated rings. The molecule has 6 nitrogen and oxygen atoms in total. The highest BCUT2D eigenvalue weighted by Gasteiger charge is 2.27. The third-order valence-electron chi connectivity index (χ3n) is 3.56. The van der Waals surface area contributed by atoms with E-state index in [0.29, 0.717) is 18.9 Å². The van der Waals surface area contributed by atoms with Gasteiger partial charge in [0.15, 0.2) is 0 Å². The molecule has 0 saturated carbocycles. The van der Waals surface area contributed by atoms with Gasteiger partial charge in [0, 0.05) is 32.5 Å². The van der Waals surface area contributed by atoms with Crippen molar-refractivity contribution in [3.8, 4) is 0 Å². The zero-order valence-corrected chi connectivity index (χ0v) is 13.9. The van der Waals surface area contributed by atoms with Crippen LogP contribution in [-0.4, -0.2) is 35.4 Å². The summed E-state index contributed by atoms with van der Waals surface area (Å²) in [5, 5.41) is 0. The fraction of sp³-hybridized carbons (Fsp3) is 0.400. The second-order valence-electron chi connectivity index (χ2n) is 4.95. The quantitative estimate of drug-likeness (QED) is 0.843. The highest BCUT2D eigenvalue weighted by molar-refractivity contribution is 7.87. The molecule has 1 aromatic heterocycles. The van der Waals surface area contributed by atoms with Gasteiger partial charge in [0.25, 0.3) is 10.2 Å². The van der Waals surface area contributed by atoms with Crippen LogP contribution < -0.4 is 4.72 Å². The maximum Gasteiger partial charge on any atom is 0.280 e. The van der Waals surface area contributed by atoms with Gasteiger partial charge >= 0.3 is 0 Å². The Hall–Kier alpha value is -1.70. The lowest BCUT2D eigenvalue weighted by Gasteiger charge is -2.24. The Morgan fingerprint density at radius 1 is 1.23 bits per heavy atom. The number of hydrogen-bond acceptors (Lipinski definition) is 3. The van der Waals surface area contributed by atoms with Crippen molar-refractivity contribution < 1.29 is 8.42 Å². The molecule has 2 rings (SSSR count). The molecule has 1 heterocycles. The Labute approximate surface area is 132 Å². The number of nitrogens with one attached hydrogen (secondary N) is 1. The number of hydrogen-bond donors (Lipinski definition) is 1. The van der Waals surface area contributed by atoms with Crippen LogP contribution in [0.3, 0.4) is 0 Å². The molecule has 120 valence electrons. The van der Waals surface area contributed by atoms with Crippen molar-refractivity contribution in [2.75, 3.05) is 13.1 Å². The summed E-state index contributed by atoms with van der Waals surface area (Å²) in [4.78, 5) is 4.31. The first-order valence-electron chi connectivity index (χ1n) is 7.29. The summed E-state index contributed by atoms with van der Waals surface area (Å²) in [5.41, 5.74) is 0.854. The summed E-state index contributed by atoms with van der Waals surface area (Å²) < 4.78 is 31.1. The standard InChI is InChI=1S/C15H22N4O2S/c1-4-19(5-2)22(20,21)17-14(13-9-7-6-8-10-13)15-16-11-12-18(15)3/h6-12,14,17H,4-5H2,1-3H3. The zero-order valence-electron chi connectivity index (χ0n) is 13.1. The van der Waals surface area contributed by atoms with Crippen LogP contribution in [0.25, 0.3) is 0 Å². The van der Waals surface area contributed by atoms with Crippen molar-refractivity contribution in [1.29, 1.82) is 0 Å². The predicted octanol–water partition coefficient (Wildman–Crippen LogP) is 1.69. The van der Waals surface area contributed by atoms with Crippen LogP contribution in [0.2, 0.25) is 0 Å². The molecular weight excluding hydrogens is 300 g/mol. The van der Waals surface area contributed by atoms with E-state index in [0.717, 1.165) is 5.56 Å². The molecule has 1 unspecified atom stereocenters. The molecule has 0 amide bonds. The Bertz CT molecular complexity index is 693. The number of nitrogens with zero attached hydrogens (tertiary/aromatic N) is 3. The third kappa shape index (κ3) is 3.55. The molecule has 0 aliphatic heterocycles. The number of rotatable bonds is 7. The topological polar surface area (TPSA) is 67.2 Å². The van der Waals surface area contributed by atoms with Gasteiger partial charge in [-0.3, -0.25) is 0 Å². The van der Waals surface area contributed by atoms with Crippen molar-refractivity contribution in [3.63, 3.8) is 0 Å². The van der Waals surface area contributed by atoms with Crippen molar-refractivity contribution in [3.05, 3.63) is 54.1 Å². The minimum absolute atomic E-state index is 0.425. The fourth-order valence-electron chi connectivity index (χ4n) is 2.36. The lowest BCUT2D eigenvalue weighted by molar-refractivity contribution is 0.428. The molecular formula is C15H22N4O2S. The summed E-state index contributed by atoms with van der Waals surface area (Å²) in [6.07, 6.45) is 3.47.